The summed E-state index contributed by atoms with van der Waals surface area (Å²) in [5, 5.41) is 0.337. The molecule has 1 aromatic rings. The Morgan fingerprint density at radius 1 is 1.30 bits per heavy atom. The maximum atomic E-state index is 12.7. The van der Waals surface area contributed by atoms with Gasteiger partial charge in [-0.3, -0.25) is 0 Å². The predicted molar refractivity (Wildman–Crippen MR) is 81.8 cm³/mol. The number of ether oxygens (including phenoxy) is 1. The van der Waals surface area contributed by atoms with Gasteiger partial charge in [0.2, 0.25) is 10.0 Å². The average molecular weight is 316 g/mol. The van der Waals surface area contributed by atoms with Crippen molar-refractivity contribution in [1.82, 2.24) is 4.31 Å². The molecule has 6 heteroatoms. The van der Waals surface area contributed by atoms with Gasteiger partial charge in [0.25, 0.3) is 0 Å². The first-order chi connectivity index (χ1) is 9.47. The van der Waals surface area contributed by atoms with Crippen molar-refractivity contribution in [2.45, 2.75) is 11.8 Å². The van der Waals surface area contributed by atoms with E-state index in [1.165, 1.54) is 22.5 Å². The minimum Gasteiger partial charge on any atom is -0.492 e. The molecule has 0 spiro atoms. The summed E-state index contributed by atoms with van der Waals surface area (Å²) >= 11 is 5.90. The predicted octanol–water partition coefficient (Wildman–Crippen LogP) is 3.10. The van der Waals surface area contributed by atoms with Crippen LogP contribution in [0.4, 0.5) is 0 Å². The van der Waals surface area contributed by atoms with Gasteiger partial charge in [-0.05, 0) is 25.1 Å². The van der Waals surface area contributed by atoms with Crippen molar-refractivity contribution in [3.05, 3.63) is 48.5 Å². The van der Waals surface area contributed by atoms with E-state index in [-0.39, 0.29) is 23.7 Å². The van der Waals surface area contributed by atoms with Gasteiger partial charge in [0.1, 0.15) is 10.6 Å². The highest BCUT2D eigenvalue weighted by Gasteiger charge is 2.26. The summed E-state index contributed by atoms with van der Waals surface area (Å²) in [6, 6.07) is 4.54. The van der Waals surface area contributed by atoms with Crippen molar-refractivity contribution >= 4 is 21.6 Å². The van der Waals surface area contributed by atoms with E-state index in [2.05, 4.69) is 13.2 Å². The van der Waals surface area contributed by atoms with Gasteiger partial charge in [-0.2, -0.15) is 4.31 Å². The molecule has 1 rings (SSSR count). The maximum Gasteiger partial charge on any atom is 0.247 e. The third-order valence-electron chi connectivity index (χ3n) is 2.49. The molecule has 1 aromatic carbocycles. The molecule has 0 atom stereocenters. The van der Waals surface area contributed by atoms with Crippen LogP contribution < -0.4 is 4.74 Å². The van der Waals surface area contributed by atoms with Gasteiger partial charge < -0.3 is 4.74 Å². The van der Waals surface area contributed by atoms with Crippen LogP contribution in [0, 0.1) is 0 Å². The van der Waals surface area contributed by atoms with E-state index in [0.29, 0.717) is 11.6 Å². The van der Waals surface area contributed by atoms with Crippen LogP contribution in [-0.4, -0.2) is 32.4 Å². The Kier molecular flexibility index (Phi) is 6.26. The average Bonchev–Trinajstić information content (AvgIpc) is 2.40. The van der Waals surface area contributed by atoms with Crippen LogP contribution in [0.5, 0.6) is 5.75 Å². The summed E-state index contributed by atoms with van der Waals surface area (Å²) in [7, 11) is -3.72. The highest BCUT2D eigenvalue weighted by atomic mass is 35.5. The Labute approximate surface area is 125 Å². The zero-order valence-electron chi connectivity index (χ0n) is 11.4. The van der Waals surface area contributed by atoms with Gasteiger partial charge in [-0.15, -0.1) is 13.2 Å². The molecule has 0 radical (unpaired) electrons. The third kappa shape index (κ3) is 3.85. The number of hydrogen-bond acceptors (Lipinski definition) is 3. The van der Waals surface area contributed by atoms with Gasteiger partial charge in [-0.25, -0.2) is 8.42 Å². The molecule has 4 nitrogen and oxygen atoms in total. The quantitative estimate of drug-likeness (QED) is 0.693. The molecule has 0 amide bonds. The molecule has 0 saturated heterocycles. The molecule has 0 bridgehead atoms. The number of hydrogen-bond donors (Lipinski definition) is 0. The van der Waals surface area contributed by atoms with Crippen LogP contribution in [0.2, 0.25) is 5.02 Å². The summed E-state index contributed by atoms with van der Waals surface area (Å²) in [6.45, 7) is 9.67. The fourth-order valence-electron chi connectivity index (χ4n) is 1.66. The summed E-state index contributed by atoms with van der Waals surface area (Å²) in [4.78, 5) is 0.0514. The molecule has 0 N–H and O–H groups in total. The second-order valence-corrected chi connectivity index (χ2v) is 6.27. The molecule has 110 valence electrons. The topological polar surface area (TPSA) is 46.6 Å². The summed E-state index contributed by atoms with van der Waals surface area (Å²) in [5.41, 5.74) is 0. The Hall–Kier alpha value is -1.30. The molecular formula is C14H18ClNO3S. The SMILES string of the molecule is C=CCN(CC=C)S(=O)(=O)c1cc(Cl)ccc1OCC. The lowest BCUT2D eigenvalue weighted by Crippen LogP contribution is -2.31. The van der Waals surface area contributed by atoms with Gasteiger partial charge in [0.15, 0.2) is 0 Å². The molecule has 0 aromatic heterocycles. The van der Waals surface area contributed by atoms with Crippen LogP contribution in [0.1, 0.15) is 6.92 Å². The largest absolute Gasteiger partial charge is 0.492 e. The number of sulfonamides is 1. The van der Waals surface area contributed by atoms with Crippen molar-refractivity contribution < 1.29 is 13.2 Å². The Bertz CT molecular complexity index is 574. The standard InChI is InChI=1S/C14H18ClNO3S/c1-4-9-16(10-5-2)20(17,18)14-11-12(15)7-8-13(14)19-6-3/h4-5,7-8,11H,1-2,6,9-10H2,3H3. The van der Waals surface area contributed by atoms with Gasteiger partial charge in [0, 0.05) is 18.1 Å². The summed E-state index contributed by atoms with van der Waals surface area (Å²) in [6.07, 6.45) is 3.04. The van der Waals surface area contributed by atoms with Crippen molar-refractivity contribution in [3.63, 3.8) is 0 Å². The van der Waals surface area contributed by atoms with Crippen LogP contribution in [0.15, 0.2) is 48.4 Å². The first-order valence-corrected chi connectivity index (χ1v) is 7.93. The van der Waals surface area contributed by atoms with Crippen molar-refractivity contribution in [2.24, 2.45) is 0 Å². The number of benzene rings is 1. The Morgan fingerprint density at radius 2 is 1.90 bits per heavy atom. The van der Waals surface area contributed by atoms with Gasteiger partial charge in [-0.1, -0.05) is 23.8 Å². The second-order valence-electron chi connectivity index (χ2n) is 3.92. The molecule has 0 aliphatic heterocycles. The van der Waals surface area contributed by atoms with E-state index in [4.69, 9.17) is 16.3 Å². The maximum absolute atomic E-state index is 12.7. The molecular weight excluding hydrogens is 298 g/mol. The zero-order chi connectivity index (χ0) is 15.2. The first-order valence-electron chi connectivity index (χ1n) is 6.11. The molecule has 0 unspecified atom stereocenters. The van der Waals surface area contributed by atoms with Crippen molar-refractivity contribution in [1.29, 1.82) is 0 Å². The normalized spacial score (nSPS) is 11.3. The van der Waals surface area contributed by atoms with E-state index >= 15 is 0 Å². The molecule has 0 heterocycles. The number of nitrogens with zero attached hydrogens (tertiary/aromatic N) is 1. The van der Waals surface area contributed by atoms with Crippen LogP contribution in [0.3, 0.4) is 0 Å². The summed E-state index contributed by atoms with van der Waals surface area (Å²) in [5.74, 6) is 0.287. The lowest BCUT2D eigenvalue weighted by molar-refractivity contribution is 0.329. The van der Waals surface area contributed by atoms with E-state index in [1.54, 1.807) is 19.1 Å². The highest BCUT2D eigenvalue weighted by Crippen LogP contribution is 2.29. The van der Waals surface area contributed by atoms with E-state index < -0.39 is 10.0 Å². The Morgan fingerprint density at radius 3 is 2.40 bits per heavy atom. The van der Waals surface area contributed by atoms with Crippen LogP contribution >= 0.6 is 11.6 Å². The molecule has 0 aliphatic rings. The van der Waals surface area contributed by atoms with Crippen molar-refractivity contribution in [2.75, 3.05) is 19.7 Å². The monoisotopic (exact) mass is 315 g/mol. The minimum atomic E-state index is -3.72. The minimum absolute atomic E-state index is 0.0514. The van der Waals surface area contributed by atoms with Crippen LogP contribution in [-0.2, 0) is 10.0 Å². The smallest absolute Gasteiger partial charge is 0.247 e. The van der Waals surface area contributed by atoms with Crippen molar-refractivity contribution in [3.8, 4) is 5.75 Å². The second kappa shape index (κ2) is 7.47. The number of halogens is 1. The third-order valence-corrected chi connectivity index (χ3v) is 4.58. The van der Waals surface area contributed by atoms with E-state index in [9.17, 15) is 8.42 Å². The molecule has 0 aliphatic carbocycles. The molecule has 0 fully saturated rings. The van der Waals surface area contributed by atoms with Crippen LogP contribution in [0.25, 0.3) is 0 Å². The fraction of sp³-hybridized carbons (Fsp3) is 0.286. The van der Waals surface area contributed by atoms with E-state index in [1.807, 2.05) is 0 Å². The fourth-order valence-corrected chi connectivity index (χ4v) is 3.43. The van der Waals surface area contributed by atoms with E-state index in [0.717, 1.165) is 0 Å². The Balaban J connectivity index is 3.34. The highest BCUT2D eigenvalue weighted by molar-refractivity contribution is 7.89. The van der Waals surface area contributed by atoms with Gasteiger partial charge >= 0.3 is 0 Å². The first kappa shape index (κ1) is 16.8. The zero-order valence-corrected chi connectivity index (χ0v) is 13.0. The lowest BCUT2D eigenvalue weighted by atomic mass is 10.3. The molecule has 0 saturated carbocycles. The number of rotatable bonds is 8. The summed E-state index contributed by atoms with van der Waals surface area (Å²) < 4.78 is 31.9. The lowest BCUT2D eigenvalue weighted by Gasteiger charge is -2.21. The van der Waals surface area contributed by atoms with Gasteiger partial charge in [0.05, 0.1) is 6.61 Å². The molecule has 20 heavy (non-hydrogen) atoms.